The van der Waals surface area contributed by atoms with Crippen LogP contribution in [0, 0.1) is 0 Å². The Bertz CT molecular complexity index is 524. The van der Waals surface area contributed by atoms with Gasteiger partial charge in [0, 0.05) is 19.6 Å². The average molecular weight is 323 g/mol. The molecule has 0 radical (unpaired) electrons. The van der Waals surface area contributed by atoms with Crippen molar-refractivity contribution in [1.82, 2.24) is 19.7 Å². The lowest BCUT2D eigenvalue weighted by Gasteiger charge is -2.08. The predicted octanol–water partition coefficient (Wildman–Crippen LogP) is 0.698. The zero-order chi connectivity index (χ0) is 15.0. The molecule has 0 aliphatic rings. The number of anilines is 2. The second-order valence-corrected chi connectivity index (χ2v) is 6.30. The van der Waals surface area contributed by atoms with E-state index in [9.17, 15) is 8.42 Å². The van der Waals surface area contributed by atoms with Gasteiger partial charge in [-0.1, -0.05) is 6.92 Å². The maximum absolute atomic E-state index is 10.9. The third kappa shape index (κ3) is 7.41. The molecule has 114 valence electrons. The summed E-state index contributed by atoms with van der Waals surface area (Å²) in [6.07, 6.45) is 2.68. The highest BCUT2D eigenvalue weighted by Gasteiger charge is 2.04. The molecule has 0 atom stereocenters. The molecule has 0 fully saturated rings. The molecule has 0 unspecified atom stereocenters. The number of hydrogen-bond donors (Lipinski definition) is 3. The van der Waals surface area contributed by atoms with Crippen molar-refractivity contribution in [1.29, 1.82) is 0 Å². The van der Waals surface area contributed by atoms with Crippen LogP contribution in [0.15, 0.2) is 0 Å². The molecule has 0 aliphatic heterocycles. The van der Waals surface area contributed by atoms with Crippen molar-refractivity contribution in [3.05, 3.63) is 5.28 Å². The van der Waals surface area contributed by atoms with E-state index in [0.29, 0.717) is 31.4 Å². The lowest BCUT2D eigenvalue weighted by atomic mass is 10.4. The zero-order valence-corrected chi connectivity index (χ0v) is 13.1. The van der Waals surface area contributed by atoms with E-state index in [2.05, 4.69) is 30.3 Å². The van der Waals surface area contributed by atoms with E-state index in [1.54, 1.807) is 0 Å². The summed E-state index contributed by atoms with van der Waals surface area (Å²) in [5.74, 6) is 0.784. The Kier molecular flexibility index (Phi) is 6.89. The van der Waals surface area contributed by atoms with Crippen molar-refractivity contribution in [3.8, 4) is 0 Å². The van der Waals surface area contributed by atoms with Crippen molar-refractivity contribution >= 4 is 33.5 Å². The maximum Gasteiger partial charge on any atom is 0.228 e. The largest absolute Gasteiger partial charge is 0.354 e. The number of nitrogens with zero attached hydrogens (tertiary/aromatic N) is 3. The molecule has 1 rings (SSSR count). The van der Waals surface area contributed by atoms with Gasteiger partial charge in [0.15, 0.2) is 0 Å². The van der Waals surface area contributed by atoms with E-state index >= 15 is 0 Å². The summed E-state index contributed by atoms with van der Waals surface area (Å²) in [6.45, 7) is 3.66. The van der Waals surface area contributed by atoms with Crippen molar-refractivity contribution in [3.63, 3.8) is 0 Å². The Morgan fingerprint density at radius 1 is 1.05 bits per heavy atom. The van der Waals surface area contributed by atoms with Crippen molar-refractivity contribution in [2.24, 2.45) is 0 Å². The number of hydrogen-bond acceptors (Lipinski definition) is 7. The maximum atomic E-state index is 10.9. The Hall–Kier alpha value is -1.19. The molecule has 0 aromatic carbocycles. The van der Waals surface area contributed by atoms with Crippen LogP contribution >= 0.6 is 11.6 Å². The van der Waals surface area contributed by atoms with Gasteiger partial charge in [-0.05, 0) is 24.4 Å². The van der Waals surface area contributed by atoms with E-state index < -0.39 is 10.0 Å². The summed E-state index contributed by atoms with van der Waals surface area (Å²) in [6, 6.07) is 0. The molecule has 0 aliphatic carbocycles. The minimum Gasteiger partial charge on any atom is -0.354 e. The van der Waals surface area contributed by atoms with Crippen LogP contribution in [0.3, 0.4) is 0 Å². The summed E-state index contributed by atoms with van der Waals surface area (Å²) in [5, 5.41) is 6.09. The standard InChI is InChI=1S/C10H19ClN6O2S/c1-3-5-12-9-15-8(11)16-10(17-9)13-6-4-7-14-20(2,18)19/h14H,3-7H2,1-2H3,(H2,12,13,15,16,17). The van der Waals surface area contributed by atoms with E-state index in [1.807, 2.05) is 6.92 Å². The van der Waals surface area contributed by atoms with Crippen LogP contribution in [0.25, 0.3) is 0 Å². The van der Waals surface area contributed by atoms with Gasteiger partial charge >= 0.3 is 0 Å². The second-order valence-electron chi connectivity index (χ2n) is 4.13. The fourth-order valence-corrected chi connectivity index (χ4v) is 1.97. The predicted molar refractivity (Wildman–Crippen MR) is 79.6 cm³/mol. The Balaban J connectivity index is 2.41. The zero-order valence-electron chi connectivity index (χ0n) is 11.5. The van der Waals surface area contributed by atoms with Crippen molar-refractivity contribution in [2.75, 3.05) is 36.5 Å². The van der Waals surface area contributed by atoms with Crippen LogP contribution in [0.5, 0.6) is 0 Å². The smallest absolute Gasteiger partial charge is 0.228 e. The van der Waals surface area contributed by atoms with Crippen LogP contribution < -0.4 is 15.4 Å². The van der Waals surface area contributed by atoms with E-state index in [4.69, 9.17) is 11.6 Å². The number of sulfonamides is 1. The van der Waals surface area contributed by atoms with Crippen LogP contribution in [0.1, 0.15) is 19.8 Å². The molecular formula is C10H19ClN6O2S. The van der Waals surface area contributed by atoms with Gasteiger partial charge < -0.3 is 10.6 Å². The molecule has 1 aromatic heterocycles. The van der Waals surface area contributed by atoms with Gasteiger partial charge in [-0.2, -0.15) is 15.0 Å². The third-order valence-corrected chi connectivity index (χ3v) is 3.04. The minimum absolute atomic E-state index is 0.107. The quantitative estimate of drug-likeness (QED) is 0.574. The van der Waals surface area contributed by atoms with Crippen LogP contribution in [-0.2, 0) is 10.0 Å². The van der Waals surface area contributed by atoms with Gasteiger partial charge in [-0.25, -0.2) is 13.1 Å². The number of rotatable bonds is 9. The highest BCUT2D eigenvalue weighted by atomic mass is 35.5. The normalized spacial score (nSPS) is 11.3. The third-order valence-electron chi connectivity index (χ3n) is 2.14. The highest BCUT2D eigenvalue weighted by Crippen LogP contribution is 2.09. The van der Waals surface area contributed by atoms with Gasteiger partial charge in [0.25, 0.3) is 0 Å². The molecule has 0 spiro atoms. The average Bonchev–Trinajstić information content (AvgIpc) is 2.34. The second kappa shape index (κ2) is 8.18. The van der Waals surface area contributed by atoms with Gasteiger partial charge in [-0.15, -0.1) is 0 Å². The van der Waals surface area contributed by atoms with Crippen LogP contribution in [0.4, 0.5) is 11.9 Å². The molecule has 1 aromatic rings. The van der Waals surface area contributed by atoms with Gasteiger partial charge in [0.1, 0.15) is 0 Å². The summed E-state index contributed by atoms with van der Waals surface area (Å²) in [5.41, 5.74) is 0. The first kappa shape index (κ1) is 16.9. The van der Waals surface area contributed by atoms with Crippen molar-refractivity contribution in [2.45, 2.75) is 19.8 Å². The van der Waals surface area contributed by atoms with E-state index in [0.717, 1.165) is 19.2 Å². The van der Waals surface area contributed by atoms with Gasteiger partial charge in [0.2, 0.25) is 27.2 Å². The summed E-state index contributed by atoms with van der Waals surface area (Å²) < 4.78 is 24.1. The molecule has 3 N–H and O–H groups in total. The first-order chi connectivity index (χ1) is 9.40. The molecular weight excluding hydrogens is 304 g/mol. The molecule has 0 saturated heterocycles. The summed E-state index contributed by atoms with van der Waals surface area (Å²) in [7, 11) is -3.14. The Labute approximate surface area is 123 Å². The lowest BCUT2D eigenvalue weighted by molar-refractivity contribution is 0.586. The lowest BCUT2D eigenvalue weighted by Crippen LogP contribution is -2.24. The van der Waals surface area contributed by atoms with Crippen LogP contribution in [-0.4, -0.2) is 49.3 Å². The molecule has 0 bridgehead atoms. The van der Waals surface area contributed by atoms with Crippen molar-refractivity contribution < 1.29 is 8.42 Å². The van der Waals surface area contributed by atoms with E-state index in [-0.39, 0.29) is 5.28 Å². The first-order valence-corrected chi connectivity index (χ1v) is 8.51. The summed E-state index contributed by atoms with van der Waals surface area (Å²) >= 11 is 5.79. The monoisotopic (exact) mass is 322 g/mol. The number of nitrogens with one attached hydrogen (secondary N) is 3. The SMILES string of the molecule is CCCNc1nc(Cl)nc(NCCCNS(C)(=O)=O)n1. The minimum atomic E-state index is -3.14. The Morgan fingerprint density at radius 3 is 2.20 bits per heavy atom. The topological polar surface area (TPSA) is 109 Å². The molecule has 8 nitrogen and oxygen atoms in total. The first-order valence-electron chi connectivity index (χ1n) is 6.24. The number of aromatic nitrogens is 3. The molecule has 1 heterocycles. The van der Waals surface area contributed by atoms with E-state index in [1.165, 1.54) is 0 Å². The highest BCUT2D eigenvalue weighted by molar-refractivity contribution is 7.88. The van der Waals surface area contributed by atoms with Crippen LogP contribution in [0.2, 0.25) is 5.28 Å². The van der Waals surface area contributed by atoms with Gasteiger partial charge in [0.05, 0.1) is 6.26 Å². The molecule has 20 heavy (non-hydrogen) atoms. The fraction of sp³-hybridized carbons (Fsp3) is 0.700. The molecule has 0 saturated carbocycles. The molecule has 0 amide bonds. The fourth-order valence-electron chi connectivity index (χ4n) is 1.29. The number of halogens is 1. The van der Waals surface area contributed by atoms with Gasteiger partial charge in [-0.3, -0.25) is 0 Å². The Morgan fingerprint density at radius 2 is 1.65 bits per heavy atom. The molecule has 10 heteroatoms. The summed E-state index contributed by atoms with van der Waals surface area (Å²) in [4.78, 5) is 12.0.